The Labute approximate surface area is 102 Å². The fourth-order valence-corrected chi connectivity index (χ4v) is 2.03. The second-order valence-corrected chi connectivity index (χ2v) is 4.86. The molecular weight excluding hydrogens is 216 g/mol. The summed E-state index contributed by atoms with van der Waals surface area (Å²) in [6, 6.07) is 0.245. The number of nitrogens with one attached hydrogen (secondary N) is 2. The molecule has 0 spiro atoms. The van der Waals surface area contributed by atoms with Crippen molar-refractivity contribution in [2.75, 3.05) is 6.54 Å². The van der Waals surface area contributed by atoms with Crippen LogP contribution in [0.5, 0.6) is 0 Å². The van der Waals surface area contributed by atoms with E-state index in [1.54, 1.807) is 0 Å². The standard InChI is InChI=1S/C13H20N2O2/c16-12(13(17)15-11-6-7-11)14-9-8-10-4-2-1-3-5-10/h4,11H,1-3,5-9H2,(H,14,16)(H,15,17). The lowest BCUT2D eigenvalue weighted by Gasteiger charge is -2.12. The van der Waals surface area contributed by atoms with Crippen LogP contribution in [-0.2, 0) is 9.59 Å². The zero-order chi connectivity index (χ0) is 12.1. The van der Waals surface area contributed by atoms with Crippen molar-refractivity contribution < 1.29 is 9.59 Å². The number of carbonyl (C=O) groups excluding carboxylic acids is 2. The van der Waals surface area contributed by atoms with Crippen molar-refractivity contribution >= 4 is 11.8 Å². The van der Waals surface area contributed by atoms with Gasteiger partial charge in [-0.25, -0.2) is 0 Å². The Kier molecular flexibility index (Phi) is 4.18. The fraction of sp³-hybridized carbons (Fsp3) is 0.692. The first kappa shape index (κ1) is 12.1. The van der Waals surface area contributed by atoms with E-state index in [0.717, 1.165) is 32.1 Å². The maximum atomic E-state index is 11.4. The zero-order valence-electron chi connectivity index (χ0n) is 10.1. The molecule has 2 rings (SSSR count). The Hall–Kier alpha value is -1.32. The average Bonchev–Trinajstić information content (AvgIpc) is 3.14. The molecule has 0 aromatic heterocycles. The van der Waals surface area contributed by atoms with Crippen LogP contribution in [0.3, 0.4) is 0 Å². The fourth-order valence-electron chi connectivity index (χ4n) is 2.03. The van der Waals surface area contributed by atoms with Crippen LogP contribution < -0.4 is 10.6 Å². The van der Waals surface area contributed by atoms with E-state index in [1.807, 2.05) is 0 Å². The van der Waals surface area contributed by atoms with Crippen LogP contribution in [0, 0.1) is 0 Å². The van der Waals surface area contributed by atoms with Gasteiger partial charge in [0.25, 0.3) is 0 Å². The van der Waals surface area contributed by atoms with E-state index >= 15 is 0 Å². The van der Waals surface area contributed by atoms with Gasteiger partial charge in [-0.1, -0.05) is 11.6 Å². The van der Waals surface area contributed by atoms with Crippen molar-refractivity contribution in [3.05, 3.63) is 11.6 Å². The topological polar surface area (TPSA) is 58.2 Å². The molecule has 17 heavy (non-hydrogen) atoms. The zero-order valence-corrected chi connectivity index (χ0v) is 10.1. The first-order valence-corrected chi connectivity index (χ1v) is 6.52. The van der Waals surface area contributed by atoms with Gasteiger partial charge in [0.15, 0.2) is 0 Å². The molecule has 0 radical (unpaired) electrons. The van der Waals surface area contributed by atoms with Gasteiger partial charge in [0.1, 0.15) is 0 Å². The minimum atomic E-state index is -0.492. The molecule has 2 aliphatic carbocycles. The number of amides is 2. The van der Waals surface area contributed by atoms with Crippen LogP contribution in [0.4, 0.5) is 0 Å². The third-order valence-electron chi connectivity index (χ3n) is 3.24. The van der Waals surface area contributed by atoms with E-state index in [-0.39, 0.29) is 6.04 Å². The summed E-state index contributed by atoms with van der Waals surface area (Å²) in [7, 11) is 0. The third kappa shape index (κ3) is 4.21. The van der Waals surface area contributed by atoms with Crippen LogP contribution in [0.1, 0.15) is 44.9 Å². The molecule has 94 valence electrons. The van der Waals surface area contributed by atoms with Crippen molar-refractivity contribution in [1.29, 1.82) is 0 Å². The largest absolute Gasteiger partial charge is 0.348 e. The van der Waals surface area contributed by atoms with Gasteiger partial charge < -0.3 is 10.6 Å². The molecule has 1 saturated carbocycles. The number of hydrogen-bond acceptors (Lipinski definition) is 2. The van der Waals surface area contributed by atoms with Gasteiger partial charge in [0.2, 0.25) is 0 Å². The van der Waals surface area contributed by atoms with Gasteiger partial charge in [-0.15, -0.1) is 0 Å². The summed E-state index contributed by atoms with van der Waals surface area (Å²) in [5, 5.41) is 5.35. The highest BCUT2D eigenvalue weighted by Crippen LogP contribution is 2.19. The number of allylic oxidation sites excluding steroid dienone is 1. The summed E-state index contributed by atoms with van der Waals surface area (Å²) < 4.78 is 0. The molecule has 2 N–H and O–H groups in total. The van der Waals surface area contributed by atoms with Crippen molar-refractivity contribution in [3.63, 3.8) is 0 Å². The van der Waals surface area contributed by atoms with Crippen molar-refractivity contribution in [2.45, 2.75) is 51.0 Å². The smallest absolute Gasteiger partial charge is 0.309 e. The monoisotopic (exact) mass is 236 g/mol. The second kappa shape index (κ2) is 5.84. The highest BCUT2D eigenvalue weighted by Gasteiger charge is 2.26. The molecule has 0 aliphatic heterocycles. The molecule has 0 unspecified atom stereocenters. The first-order valence-electron chi connectivity index (χ1n) is 6.52. The van der Waals surface area contributed by atoms with Gasteiger partial charge in [0.05, 0.1) is 0 Å². The number of hydrogen-bond donors (Lipinski definition) is 2. The van der Waals surface area contributed by atoms with E-state index in [4.69, 9.17) is 0 Å². The minimum Gasteiger partial charge on any atom is -0.348 e. The maximum absolute atomic E-state index is 11.4. The molecule has 0 aromatic carbocycles. The summed E-state index contributed by atoms with van der Waals surface area (Å²) in [5.74, 6) is -0.974. The lowest BCUT2D eigenvalue weighted by Crippen LogP contribution is -2.41. The van der Waals surface area contributed by atoms with Crippen LogP contribution in [0.15, 0.2) is 11.6 Å². The van der Waals surface area contributed by atoms with Gasteiger partial charge in [0, 0.05) is 12.6 Å². The molecular formula is C13H20N2O2. The first-order chi connectivity index (χ1) is 8.25. The van der Waals surface area contributed by atoms with Gasteiger partial charge in [-0.05, 0) is 44.9 Å². The Morgan fingerprint density at radius 1 is 1.24 bits per heavy atom. The normalized spacial score (nSPS) is 19.4. The molecule has 2 amide bonds. The van der Waals surface area contributed by atoms with E-state index in [9.17, 15) is 9.59 Å². The predicted octanol–water partition coefficient (Wildman–Crippen LogP) is 1.27. The van der Waals surface area contributed by atoms with Gasteiger partial charge in [-0.2, -0.15) is 0 Å². The summed E-state index contributed by atoms with van der Waals surface area (Å²) in [5.41, 5.74) is 1.42. The minimum absolute atomic E-state index is 0.245. The van der Waals surface area contributed by atoms with Crippen LogP contribution >= 0.6 is 0 Å². The van der Waals surface area contributed by atoms with E-state index in [1.165, 1.54) is 18.4 Å². The number of carbonyl (C=O) groups is 2. The predicted molar refractivity (Wildman–Crippen MR) is 65.3 cm³/mol. The van der Waals surface area contributed by atoms with Crippen LogP contribution in [-0.4, -0.2) is 24.4 Å². The Bertz CT molecular complexity index is 332. The number of rotatable bonds is 4. The average molecular weight is 236 g/mol. The molecule has 0 atom stereocenters. The van der Waals surface area contributed by atoms with Crippen molar-refractivity contribution in [1.82, 2.24) is 10.6 Å². The summed E-state index contributed by atoms with van der Waals surface area (Å²) >= 11 is 0. The second-order valence-electron chi connectivity index (χ2n) is 4.86. The molecule has 2 aliphatic rings. The molecule has 0 heterocycles. The van der Waals surface area contributed by atoms with E-state index in [2.05, 4.69) is 16.7 Å². The summed E-state index contributed by atoms with van der Waals surface area (Å²) in [6.45, 7) is 0.572. The molecule has 1 fully saturated rings. The lowest BCUT2D eigenvalue weighted by atomic mass is 9.97. The lowest BCUT2D eigenvalue weighted by molar-refractivity contribution is -0.139. The quantitative estimate of drug-likeness (QED) is 0.570. The van der Waals surface area contributed by atoms with Gasteiger partial charge in [-0.3, -0.25) is 9.59 Å². The van der Waals surface area contributed by atoms with Crippen LogP contribution in [0.25, 0.3) is 0 Å². The van der Waals surface area contributed by atoms with Crippen molar-refractivity contribution in [2.24, 2.45) is 0 Å². The molecule has 0 saturated heterocycles. The maximum Gasteiger partial charge on any atom is 0.309 e. The molecule has 0 bridgehead atoms. The summed E-state index contributed by atoms with van der Waals surface area (Å²) in [6.07, 6.45) is 9.98. The Morgan fingerprint density at radius 2 is 2.06 bits per heavy atom. The van der Waals surface area contributed by atoms with Crippen LogP contribution in [0.2, 0.25) is 0 Å². The SMILES string of the molecule is O=C(NCCC1=CCCCC1)C(=O)NC1CC1. The van der Waals surface area contributed by atoms with E-state index < -0.39 is 11.8 Å². The Morgan fingerprint density at radius 3 is 2.71 bits per heavy atom. The Balaban J connectivity index is 1.61. The molecule has 4 nitrogen and oxygen atoms in total. The third-order valence-corrected chi connectivity index (χ3v) is 3.24. The molecule has 0 aromatic rings. The highest BCUT2D eigenvalue weighted by atomic mass is 16.2. The highest BCUT2D eigenvalue weighted by molar-refractivity contribution is 6.35. The van der Waals surface area contributed by atoms with Crippen molar-refractivity contribution in [3.8, 4) is 0 Å². The van der Waals surface area contributed by atoms with Gasteiger partial charge >= 0.3 is 11.8 Å². The molecule has 4 heteroatoms. The van der Waals surface area contributed by atoms with E-state index in [0.29, 0.717) is 6.54 Å². The summed E-state index contributed by atoms with van der Waals surface area (Å²) in [4.78, 5) is 22.7.